The van der Waals surface area contributed by atoms with Crippen molar-refractivity contribution in [2.24, 2.45) is 0 Å². The summed E-state index contributed by atoms with van der Waals surface area (Å²) >= 11 is 0. The predicted octanol–water partition coefficient (Wildman–Crippen LogP) is 1.50. The average Bonchev–Trinajstić information content (AvgIpc) is 2.56. The number of carbonyl (C=O) groups excluding carboxylic acids is 2. The molecule has 122 valence electrons. The van der Waals surface area contributed by atoms with Gasteiger partial charge in [-0.15, -0.1) is 0 Å². The number of nitrogens with one attached hydrogen (secondary N) is 2. The van der Waals surface area contributed by atoms with Crippen molar-refractivity contribution in [3.63, 3.8) is 0 Å². The molecule has 1 aliphatic carbocycles. The number of hydrogen-bond donors (Lipinski definition) is 2. The molecule has 1 aliphatic heterocycles. The first kappa shape index (κ1) is 16.9. The predicted molar refractivity (Wildman–Crippen MR) is 85.5 cm³/mol. The summed E-state index contributed by atoms with van der Waals surface area (Å²) in [5, 5.41) is 6.68. The Hall–Kier alpha value is -1.46. The SMILES string of the molecule is CCOC(=O)C1(NC2(C(=O)CC)C=CC=CC2)CCNCC1. The van der Waals surface area contributed by atoms with Crippen molar-refractivity contribution in [1.29, 1.82) is 0 Å². The number of Topliss-reactive ketones (excluding diaryl/α,β-unsaturated/α-hetero) is 1. The standard InChI is InChI=1S/C17H26N2O3/c1-3-14(20)16(8-6-5-7-9-16)19-17(15(21)22-4-2)10-12-18-13-11-17/h5-8,18-19H,3-4,9-13H2,1-2H3. The van der Waals surface area contributed by atoms with Gasteiger partial charge >= 0.3 is 5.97 Å². The summed E-state index contributed by atoms with van der Waals surface area (Å²) in [5.74, 6) is -0.141. The lowest BCUT2D eigenvalue weighted by atomic mass is 9.79. The second-order valence-electron chi connectivity index (χ2n) is 5.92. The molecule has 0 amide bonds. The van der Waals surface area contributed by atoms with Crippen LogP contribution in [0.15, 0.2) is 24.3 Å². The summed E-state index contributed by atoms with van der Waals surface area (Å²) in [7, 11) is 0. The van der Waals surface area contributed by atoms with Crippen molar-refractivity contribution in [3.05, 3.63) is 24.3 Å². The van der Waals surface area contributed by atoms with Gasteiger partial charge in [0.15, 0.2) is 5.78 Å². The van der Waals surface area contributed by atoms with E-state index in [1.165, 1.54) is 0 Å². The third-order valence-electron chi connectivity index (χ3n) is 4.47. The molecule has 2 N–H and O–H groups in total. The van der Waals surface area contributed by atoms with Gasteiger partial charge in [-0.05, 0) is 39.3 Å². The Kier molecular flexibility index (Phi) is 5.53. The minimum atomic E-state index is -0.798. The van der Waals surface area contributed by atoms with Gasteiger partial charge in [-0.1, -0.05) is 31.2 Å². The van der Waals surface area contributed by atoms with Crippen molar-refractivity contribution in [2.45, 2.75) is 50.6 Å². The van der Waals surface area contributed by atoms with Crippen molar-refractivity contribution < 1.29 is 14.3 Å². The quantitative estimate of drug-likeness (QED) is 0.728. The Morgan fingerprint density at radius 2 is 1.95 bits per heavy atom. The Labute approximate surface area is 132 Å². The van der Waals surface area contributed by atoms with E-state index >= 15 is 0 Å². The molecule has 1 heterocycles. The van der Waals surface area contributed by atoms with E-state index in [0.29, 0.717) is 32.3 Å². The van der Waals surface area contributed by atoms with Gasteiger partial charge in [-0.3, -0.25) is 14.9 Å². The fourth-order valence-corrected chi connectivity index (χ4v) is 3.23. The number of rotatable bonds is 6. The first-order chi connectivity index (χ1) is 10.6. The molecule has 0 aromatic carbocycles. The average molecular weight is 306 g/mol. The van der Waals surface area contributed by atoms with E-state index in [4.69, 9.17) is 4.74 Å². The lowest BCUT2D eigenvalue weighted by molar-refractivity contribution is -0.154. The van der Waals surface area contributed by atoms with Crippen molar-refractivity contribution >= 4 is 11.8 Å². The lowest BCUT2D eigenvalue weighted by Crippen LogP contribution is -2.67. The van der Waals surface area contributed by atoms with Crippen LogP contribution in [-0.4, -0.2) is 42.5 Å². The topological polar surface area (TPSA) is 67.4 Å². The number of piperidine rings is 1. The summed E-state index contributed by atoms with van der Waals surface area (Å²) in [6.45, 7) is 5.49. The molecule has 5 heteroatoms. The summed E-state index contributed by atoms with van der Waals surface area (Å²) in [4.78, 5) is 25.2. The highest BCUT2D eigenvalue weighted by atomic mass is 16.5. The Balaban J connectivity index is 2.31. The summed E-state index contributed by atoms with van der Waals surface area (Å²) in [5.41, 5.74) is -1.59. The molecule has 0 radical (unpaired) electrons. The van der Waals surface area contributed by atoms with E-state index in [0.717, 1.165) is 13.1 Å². The minimum Gasteiger partial charge on any atom is -0.465 e. The van der Waals surface area contributed by atoms with Gasteiger partial charge in [-0.25, -0.2) is 0 Å². The first-order valence-electron chi connectivity index (χ1n) is 8.13. The highest BCUT2D eigenvalue weighted by Gasteiger charge is 2.48. The summed E-state index contributed by atoms with van der Waals surface area (Å²) in [6, 6.07) is 0. The van der Waals surface area contributed by atoms with E-state index in [1.807, 2.05) is 38.2 Å². The van der Waals surface area contributed by atoms with Crippen LogP contribution in [0.3, 0.4) is 0 Å². The third kappa shape index (κ3) is 3.31. The zero-order valence-corrected chi connectivity index (χ0v) is 13.5. The number of hydrogen-bond acceptors (Lipinski definition) is 5. The fourth-order valence-electron chi connectivity index (χ4n) is 3.23. The second-order valence-corrected chi connectivity index (χ2v) is 5.92. The van der Waals surface area contributed by atoms with Gasteiger partial charge in [0.05, 0.1) is 6.61 Å². The lowest BCUT2D eigenvalue weighted by Gasteiger charge is -2.43. The van der Waals surface area contributed by atoms with Crippen molar-refractivity contribution in [2.75, 3.05) is 19.7 Å². The number of carbonyl (C=O) groups is 2. The maximum Gasteiger partial charge on any atom is 0.326 e. The molecule has 0 spiro atoms. The van der Waals surface area contributed by atoms with Crippen LogP contribution in [0.4, 0.5) is 0 Å². The molecule has 1 saturated heterocycles. The van der Waals surface area contributed by atoms with E-state index in [1.54, 1.807) is 0 Å². The largest absolute Gasteiger partial charge is 0.465 e. The monoisotopic (exact) mass is 306 g/mol. The smallest absolute Gasteiger partial charge is 0.326 e. The molecule has 1 unspecified atom stereocenters. The molecule has 2 aliphatic rings. The van der Waals surface area contributed by atoms with Gasteiger partial charge in [0.25, 0.3) is 0 Å². The van der Waals surface area contributed by atoms with Gasteiger partial charge in [0, 0.05) is 6.42 Å². The molecular formula is C17H26N2O3. The van der Waals surface area contributed by atoms with E-state index in [-0.39, 0.29) is 11.8 Å². The van der Waals surface area contributed by atoms with Crippen LogP contribution in [0.2, 0.25) is 0 Å². The van der Waals surface area contributed by atoms with Crippen LogP contribution >= 0.6 is 0 Å². The summed E-state index contributed by atoms with van der Waals surface area (Å²) < 4.78 is 5.30. The second kappa shape index (κ2) is 7.20. The van der Waals surface area contributed by atoms with Crippen LogP contribution in [-0.2, 0) is 14.3 Å². The molecular weight excluding hydrogens is 280 g/mol. The molecule has 0 saturated carbocycles. The van der Waals surface area contributed by atoms with Gasteiger partial charge in [0.2, 0.25) is 0 Å². The zero-order chi connectivity index (χ0) is 16.1. The Bertz CT molecular complexity index is 478. The van der Waals surface area contributed by atoms with Crippen molar-refractivity contribution in [1.82, 2.24) is 10.6 Å². The van der Waals surface area contributed by atoms with Crippen molar-refractivity contribution in [3.8, 4) is 0 Å². The Morgan fingerprint density at radius 1 is 1.23 bits per heavy atom. The fraction of sp³-hybridized carbons (Fsp3) is 0.647. The molecule has 0 aromatic rings. The van der Waals surface area contributed by atoms with Crippen LogP contribution < -0.4 is 10.6 Å². The number of allylic oxidation sites excluding steroid dienone is 2. The number of esters is 1. The maximum atomic E-state index is 12.6. The molecule has 1 atom stereocenters. The Morgan fingerprint density at radius 3 is 2.50 bits per heavy atom. The highest BCUT2D eigenvalue weighted by molar-refractivity contribution is 5.92. The highest BCUT2D eigenvalue weighted by Crippen LogP contribution is 2.29. The van der Waals surface area contributed by atoms with E-state index in [9.17, 15) is 9.59 Å². The molecule has 1 fully saturated rings. The van der Waals surface area contributed by atoms with E-state index in [2.05, 4.69) is 10.6 Å². The zero-order valence-electron chi connectivity index (χ0n) is 13.5. The van der Waals surface area contributed by atoms with Gasteiger partial charge in [-0.2, -0.15) is 0 Å². The maximum absolute atomic E-state index is 12.6. The van der Waals surface area contributed by atoms with Gasteiger partial charge in [0.1, 0.15) is 11.1 Å². The summed E-state index contributed by atoms with van der Waals surface area (Å²) in [6.07, 6.45) is 9.94. The van der Waals surface area contributed by atoms with Gasteiger partial charge < -0.3 is 10.1 Å². The number of ether oxygens (including phenoxy) is 1. The van der Waals surface area contributed by atoms with Crippen LogP contribution in [0.25, 0.3) is 0 Å². The molecule has 2 rings (SSSR count). The first-order valence-corrected chi connectivity index (χ1v) is 8.13. The molecule has 5 nitrogen and oxygen atoms in total. The normalized spacial score (nSPS) is 26.6. The minimum absolute atomic E-state index is 0.107. The molecule has 0 aromatic heterocycles. The van der Waals surface area contributed by atoms with E-state index < -0.39 is 11.1 Å². The molecule has 22 heavy (non-hydrogen) atoms. The molecule has 0 bridgehead atoms. The van der Waals surface area contributed by atoms with Crippen LogP contribution in [0, 0.1) is 0 Å². The third-order valence-corrected chi connectivity index (χ3v) is 4.47. The number of ketones is 1. The van der Waals surface area contributed by atoms with Crippen LogP contribution in [0.5, 0.6) is 0 Å². The van der Waals surface area contributed by atoms with Crippen LogP contribution in [0.1, 0.15) is 39.5 Å².